The first-order chi connectivity index (χ1) is 39.0. The van der Waals surface area contributed by atoms with Crippen molar-refractivity contribution in [2.24, 2.45) is 88.8 Å². The van der Waals surface area contributed by atoms with Crippen LogP contribution < -0.4 is 0 Å². The van der Waals surface area contributed by atoms with Crippen molar-refractivity contribution in [3.63, 3.8) is 0 Å². The van der Waals surface area contributed by atoms with Gasteiger partial charge in [0.1, 0.15) is 25.2 Å². The third kappa shape index (κ3) is 22.9. The van der Waals surface area contributed by atoms with E-state index in [0.717, 1.165) is 99.0 Å². The number of hydrogen-bond acceptors (Lipinski definition) is 14. The van der Waals surface area contributed by atoms with Crippen LogP contribution in [0, 0.1) is 155 Å². The molecule has 5 aliphatic heterocycles. The molecule has 7 fully saturated rings. The number of rotatable bonds is 12. The summed E-state index contributed by atoms with van der Waals surface area (Å²) in [5.41, 5.74) is 3.57. The summed E-state index contributed by atoms with van der Waals surface area (Å²) in [6, 6.07) is 17.6. The number of aliphatic hydroxyl groups excluding tert-OH is 2. The minimum absolute atomic E-state index is 0. The summed E-state index contributed by atoms with van der Waals surface area (Å²) in [4.78, 5) is 59.7. The maximum absolute atomic E-state index is 12.2. The molecule has 0 amide bonds. The fraction of sp³-hybridized carbons (Fsp3) is 0.552. The van der Waals surface area contributed by atoms with Crippen LogP contribution in [0.15, 0.2) is 103 Å². The van der Waals surface area contributed by atoms with Crippen LogP contribution in [0.3, 0.4) is 0 Å². The molecule has 3 aliphatic carbocycles. The maximum atomic E-state index is 12.2. The molecule has 18 atom stereocenters. The molecule has 20 heteroatoms. The van der Waals surface area contributed by atoms with Crippen LogP contribution >= 0.6 is 39.7 Å². The van der Waals surface area contributed by atoms with Gasteiger partial charge in [-0.1, -0.05) is 79.2 Å². The van der Waals surface area contributed by atoms with Crippen LogP contribution in [0.25, 0.3) is 18.2 Å². The normalized spacial score (nSPS) is 32.1. The van der Waals surface area contributed by atoms with E-state index in [1.54, 1.807) is 12.4 Å². The van der Waals surface area contributed by atoms with Gasteiger partial charge in [0.2, 0.25) is 0 Å². The number of aliphatic hydroxyl groups is 2. The first-order valence-electron chi connectivity index (χ1n) is 28.8. The van der Waals surface area contributed by atoms with Crippen LogP contribution in [-0.2, 0) is 106 Å². The molecule has 0 spiro atoms. The number of aromatic nitrogens is 3. The molecule has 3 saturated carbocycles. The number of nitrogens with zero attached hydrogens (tertiary/aromatic N) is 3. The van der Waals surface area contributed by atoms with Crippen molar-refractivity contribution in [1.82, 2.24) is 15.0 Å². The van der Waals surface area contributed by atoms with Gasteiger partial charge in [-0.2, -0.15) is 0 Å². The molecule has 1 radical (unpaired) electrons. The molecule has 2 N–H and O–H groups in total. The smallest absolute Gasteiger partial charge is 0.309 e. The third-order valence-corrected chi connectivity index (χ3v) is 18.5. The van der Waals surface area contributed by atoms with Crippen molar-refractivity contribution in [1.29, 1.82) is 0.594 Å². The van der Waals surface area contributed by atoms with E-state index in [-0.39, 0.29) is 240 Å². The molecular weight excluding hydrogens is 2010 g/mol. The molecule has 8 heterocycles. The van der Waals surface area contributed by atoms with Gasteiger partial charge < -0.3 is 56.2 Å². The predicted molar refractivity (Wildman–Crippen MR) is 342 cm³/mol. The number of hydrogen-bond donors (Lipinski definition) is 2. The molecule has 481 valence electrons. The topological polar surface area (TPSA) is 194 Å². The van der Waals surface area contributed by atoms with Crippen LogP contribution in [0.1, 0.15) is 97.1 Å². The Morgan fingerprint density at radius 1 is 0.644 bits per heavy atom. The monoisotopic (exact) mass is 2100 g/mol. The van der Waals surface area contributed by atoms with Gasteiger partial charge in [0.25, 0.3) is 0 Å². The number of pyridine rings is 3. The summed E-state index contributed by atoms with van der Waals surface area (Å²) in [5.74, 6) is 3.23. The summed E-state index contributed by atoms with van der Waals surface area (Å²) in [7, 11) is 0. The zero-order valence-corrected chi connectivity index (χ0v) is 68.1. The Morgan fingerprint density at radius 2 is 1.07 bits per heavy atom. The number of halogens is 2. The van der Waals surface area contributed by atoms with E-state index in [0.29, 0.717) is 42.1 Å². The summed E-state index contributed by atoms with van der Waals surface area (Å²) < 4.78 is 33.0. The van der Waals surface area contributed by atoms with E-state index in [9.17, 15) is 29.4 Å². The number of allylic oxidation sites excluding steroid dienone is 3. The fourth-order valence-electron chi connectivity index (χ4n) is 14.5. The average molecular weight is 2100 g/mol. The molecule has 1 unspecified atom stereocenters. The van der Waals surface area contributed by atoms with Crippen molar-refractivity contribution in [2.45, 2.75) is 98.4 Å². The van der Waals surface area contributed by atoms with Crippen LogP contribution in [0.5, 0.6) is 0 Å². The largest absolute Gasteiger partial charge is 0.462 e. The standard InChI is InChI=1S/C19H24BrNO3.C19H23NO3.C19H25NO3.C6H8O2.CH4.3CH3.Ac.HI.3W/c1-12-18-16(6-5-14-4-2-3-9-21-14)15(7-8-20)13(11-22)10-17(18)19(23)24-12;1-12-18-16(6-5-14-4-2-3-8-20-14)15-7-9-22-11-13(15)10-17(18)19(21)23-12;1-3-15-13(11-21)10-17-18(12(2)23-19(17)22)16(15)8-7-14-6-4-5-9-20-14;7-4-6-2-1-3-8-5-6;;;;;;;;;/h2-6,9,12-13,15-18,22H,7-8,10-11H2,1H3;2-6,8,12-13,15-18H,7,9-11H2,1H3;4-9,12-13,15-18,21H,3,10-11H2,1-2H3;2,4H,1,3,5H2;1H4;3*1H3;;1H;;;/q;;;;;3*-1;;;;;/b2*6-5+;8-7+;;;;;;;;;;/t12-,13-,15-,16+,17-,18+;12-,13-,15?,16+,17-,18+;12-,13-,15-,16+,17-,18+;;;;;;;;;;/m111........../s1/i/hD. The van der Waals surface area contributed by atoms with Crippen molar-refractivity contribution in [2.75, 3.05) is 45.0 Å². The molecule has 8 aliphatic rings. The number of ether oxygens (including phenoxy) is 5. The summed E-state index contributed by atoms with van der Waals surface area (Å²) >= 11 is 4.95. The second-order valence-corrected chi connectivity index (χ2v) is 23.2. The summed E-state index contributed by atoms with van der Waals surface area (Å²) in [6.45, 7) is 11.3. The van der Waals surface area contributed by atoms with E-state index in [1.807, 2.05) is 99.8 Å². The third-order valence-electron chi connectivity index (χ3n) is 18.1. The number of fused-ring (bicyclic) bond motifs is 4. The molecule has 14 nitrogen and oxygen atoms in total. The first kappa shape index (κ1) is 86.0. The van der Waals surface area contributed by atoms with E-state index in [2.05, 4.69) is 62.1 Å². The number of carbonyl (C=O) groups is 4. The number of esters is 3. The minimum atomic E-state index is -0.0977. The molecule has 3 aromatic rings. The van der Waals surface area contributed by atoms with Gasteiger partial charge in [0, 0.05) is 181 Å². The molecule has 0 aromatic carbocycles. The van der Waals surface area contributed by atoms with Gasteiger partial charge in [0.05, 0.1) is 48.0 Å². The van der Waals surface area contributed by atoms with Gasteiger partial charge in [-0.25, -0.2) is 0 Å². The van der Waals surface area contributed by atoms with E-state index >= 15 is 0 Å². The Morgan fingerprint density at radius 3 is 1.45 bits per heavy atom. The van der Waals surface area contributed by atoms with Crippen LogP contribution in [-0.4, -0.2) is 113 Å². The van der Waals surface area contributed by atoms with E-state index in [1.165, 1.54) is 23.8 Å². The van der Waals surface area contributed by atoms with E-state index < -0.39 is 0 Å². The number of aldehydes is 1. The first-order valence-corrected chi connectivity index (χ1v) is 29.6. The zero-order valence-electron chi connectivity index (χ0n) is 51.8. The van der Waals surface area contributed by atoms with Crippen molar-refractivity contribution in [3.05, 3.63) is 142 Å². The molecule has 87 heavy (non-hydrogen) atoms. The summed E-state index contributed by atoms with van der Waals surface area (Å²) in [5, 5.41) is 20.5. The van der Waals surface area contributed by atoms with Gasteiger partial charge >= 0.3 is 17.9 Å². The summed E-state index contributed by atoms with van der Waals surface area (Å²) in [6.07, 6.45) is 27.2. The Labute approximate surface area is 625 Å². The fourth-order valence-corrected chi connectivity index (χ4v) is 15.0. The van der Waals surface area contributed by atoms with Crippen LogP contribution in [0.2, 0.25) is 0 Å². The Kier molecular flexibility index (Phi) is 44.1. The van der Waals surface area contributed by atoms with Crippen molar-refractivity contribution < 1.29 is 160 Å². The molecule has 4 saturated heterocycles. The number of cyclic esters (lactones) is 3. The predicted octanol–water partition coefficient (Wildman–Crippen LogP) is 12.3. The molecule has 11 rings (SSSR count). The van der Waals surface area contributed by atoms with Gasteiger partial charge in [0.15, 0.2) is 0 Å². The molecule has 3 aromatic heterocycles. The Bertz CT molecular complexity index is 2480. The number of alkyl halides is 1. The second-order valence-electron chi connectivity index (χ2n) is 22.4. The Balaban J connectivity index is 0. The SMILES string of the molecule is C.CC[C@@H]1[C@@H](CO)C[C@H]2C(=O)O[C@H](C)[C@H]2[C@H]1/C=C/c1ccccn1.C[C@H]1OC(=O)[C@@H]2C[C@@H]3COCCC3[C@H](/C=C/c3ccccn3)[C@H]12.C[C@H]1OC(=O)[C@@H]2C[C@H](CO)[C@@H](CCBr)[C@H](/C=C/c3ccccn3)[C@H]12.O=CC1=CCCOC1.[2H]I.[Ac].[CH3-].[CH3-].[CH3-].[W].[W].[W]. The average Bonchev–Trinajstić information content (AvgIpc) is 1.93. The van der Waals surface area contributed by atoms with Crippen molar-refractivity contribution >= 4 is 82.1 Å². The van der Waals surface area contributed by atoms with Crippen molar-refractivity contribution in [3.8, 4) is 0 Å². The maximum Gasteiger partial charge on any atom is 0.309 e. The number of carbonyl (C=O) groups excluding carboxylic acids is 4. The zero-order chi connectivity index (χ0) is 57.1. The van der Waals surface area contributed by atoms with Gasteiger partial charge in [-0.3, -0.25) is 34.1 Å². The quantitative estimate of drug-likeness (QED) is 0.0434. The van der Waals surface area contributed by atoms with Crippen LogP contribution in [0.4, 0.5) is 0 Å². The second kappa shape index (κ2) is 44.6. The van der Waals surface area contributed by atoms with Gasteiger partial charge in [-0.15, -0.1) is 23.8 Å². The molecular formula is C67H94AcBrIN3O11W3-3. The minimum Gasteiger partial charge on any atom is -0.462 e. The van der Waals surface area contributed by atoms with E-state index in [4.69, 9.17) is 24.3 Å². The molecule has 0 bridgehead atoms. The Hall–Kier alpha value is -0.954. The van der Waals surface area contributed by atoms with Gasteiger partial charge in [-0.05, 0) is 167 Å².